The number of amides is 1. The first-order chi connectivity index (χ1) is 15.1. The van der Waals surface area contributed by atoms with Crippen LogP contribution >= 0.6 is 0 Å². The molecule has 3 fully saturated rings. The molecule has 164 valence electrons. The van der Waals surface area contributed by atoms with Crippen LogP contribution in [0.25, 0.3) is 0 Å². The molecule has 2 aromatic rings. The Morgan fingerprint density at radius 3 is 2.61 bits per heavy atom. The largest absolute Gasteiger partial charge is 0.497 e. The van der Waals surface area contributed by atoms with Crippen molar-refractivity contribution in [1.82, 2.24) is 9.80 Å². The van der Waals surface area contributed by atoms with Gasteiger partial charge in [0.05, 0.1) is 21.3 Å². The standard InChI is InChI=1S/C25H30N2O4/c1-29-19-9-10-23(31-3)20(14-19)21-13-18-16-26(15-17-7-4-5-8-22(17)30-2)24(28)25(18)11-6-12-27(21)25/h4-5,7-10,14,18,21H,6,11-13,15-16H2,1-3H3/t18-,21-,25-/m0/s1. The number of likely N-dealkylation sites (tertiary alicyclic amines) is 1. The van der Waals surface area contributed by atoms with Gasteiger partial charge < -0.3 is 19.1 Å². The highest BCUT2D eigenvalue weighted by Crippen LogP contribution is 2.57. The highest BCUT2D eigenvalue weighted by Gasteiger charge is 2.65. The summed E-state index contributed by atoms with van der Waals surface area (Å²) in [6.45, 7) is 2.33. The van der Waals surface area contributed by atoms with E-state index in [-0.39, 0.29) is 17.5 Å². The molecule has 0 aromatic heterocycles. The number of hydrogen-bond donors (Lipinski definition) is 0. The number of ether oxygens (including phenoxy) is 3. The van der Waals surface area contributed by atoms with E-state index in [1.807, 2.05) is 41.3 Å². The molecule has 3 aliphatic heterocycles. The molecule has 0 saturated carbocycles. The summed E-state index contributed by atoms with van der Waals surface area (Å²) in [5, 5.41) is 0. The van der Waals surface area contributed by atoms with Gasteiger partial charge in [0.2, 0.25) is 5.91 Å². The lowest BCUT2D eigenvalue weighted by molar-refractivity contribution is -0.137. The molecule has 3 atom stereocenters. The van der Waals surface area contributed by atoms with E-state index >= 15 is 0 Å². The van der Waals surface area contributed by atoms with Gasteiger partial charge in [-0.05, 0) is 50.1 Å². The van der Waals surface area contributed by atoms with Gasteiger partial charge in [-0.1, -0.05) is 18.2 Å². The molecule has 31 heavy (non-hydrogen) atoms. The third-order valence-corrected chi connectivity index (χ3v) is 7.48. The maximum absolute atomic E-state index is 13.8. The van der Waals surface area contributed by atoms with Crippen LogP contribution in [0.4, 0.5) is 0 Å². The molecular formula is C25H30N2O4. The number of nitrogens with zero attached hydrogens (tertiary/aromatic N) is 2. The average Bonchev–Trinajstić information content (AvgIpc) is 3.44. The molecule has 0 aliphatic carbocycles. The molecular weight excluding hydrogens is 392 g/mol. The molecule has 3 aliphatic rings. The predicted octanol–water partition coefficient (Wildman–Crippen LogP) is 3.65. The summed E-state index contributed by atoms with van der Waals surface area (Å²) >= 11 is 0. The molecule has 6 heteroatoms. The molecule has 0 radical (unpaired) electrons. The van der Waals surface area contributed by atoms with E-state index in [1.165, 1.54) is 0 Å². The van der Waals surface area contributed by atoms with Crippen molar-refractivity contribution in [2.75, 3.05) is 34.4 Å². The number of hydrogen-bond acceptors (Lipinski definition) is 5. The number of rotatable bonds is 6. The summed E-state index contributed by atoms with van der Waals surface area (Å²) in [4.78, 5) is 18.3. The second kappa shape index (κ2) is 7.75. The minimum atomic E-state index is -0.388. The van der Waals surface area contributed by atoms with Crippen LogP contribution in [0.3, 0.4) is 0 Å². The Bertz CT molecular complexity index is 993. The lowest BCUT2D eigenvalue weighted by atomic mass is 9.85. The van der Waals surface area contributed by atoms with E-state index < -0.39 is 0 Å². The van der Waals surface area contributed by atoms with Gasteiger partial charge in [-0.25, -0.2) is 0 Å². The molecule has 3 heterocycles. The topological polar surface area (TPSA) is 51.2 Å². The first-order valence-corrected chi connectivity index (χ1v) is 11.0. The van der Waals surface area contributed by atoms with Crippen LogP contribution in [0, 0.1) is 5.92 Å². The van der Waals surface area contributed by atoms with Crippen LogP contribution in [0.2, 0.25) is 0 Å². The van der Waals surface area contributed by atoms with Gasteiger partial charge in [-0.2, -0.15) is 0 Å². The van der Waals surface area contributed by atoms with Crippen LogP contribution < -0.4 is 14.2 Å². The van der Waals surface area contributed by atoms with Crippen LogP contribution in [-0.2, 0) is 11.3 Å². The van der Waals surface area contributed by atoms with Crippen molar-refractivity contribution in [2.45, 2.75) is 37.4 Å². The second-order valence-corrected chi connectivity index (χ2v) is 8.78. The van der Waals surface area contributed by atoms with E-state index in [4.69, 9.17) is 14.2 Å². The Morgan fingerprint density at radius 1 is 1.03 bits per heavy atom. The number of para-hydroxylation sites is 1. The normalized spacial score (nSPS) is 27.3. The van der Waals surface area contributed by atoms with Crippen LogP contribution in [0.15, 0.2) is 42.5 Å². The Hall–Kier alpha value is -2.73. The van der Waals surface area contributed by atoms with Gasteiger partial charge >= 0.3 is 0 Å². The van der Waals surface area contributed by atoms with Gasteiger partial charge in [0.1, 0.15) is 22.8 Å². The summed E-state index contributed by atoms with van der Waals surface area (Å²) in [6.07, 6.45) is 2.94. The summed E-state index contributed by atoms with van der Waals surface area (Å²) in [7, 11) is 5.08. The molecule has 3 saturated heterocycles. The molecule has 6 nitrogen and oxygen atoms in total. The highest BCUT2D eigenvalue weighted by atomic mass is 16.5. The summed E-state index contributed by atoms with van der Waals surface area (Å²) in [5.74, 6) is 3.12. The fourth-order valence-electron chi connectivity index (χ4n) is 6.15. The van der Waals surface area contributed by atoms with E-state index in [0.717, 1.165) is 60.7 Å². The lowest BCUT2D eigenvalue weighted by Crippen LogP contribution is -2.49. The van der Waals surface area contributed by atoms with Crippen LogP contribution in [-0.4, -0.2) is 55.7 Å². The van der Waals surface area contributed by atoms with Crippen LogP contribution in [0.1, 0.15) is 36.4 Å². The minimum Gasteiger partial charge on any atom is -0.497 e. The fraction of sp³-hybridized carbons (Fsp3) is 0.480. The Morgan fingerprint density at radius 2 is 1.84 bits per heavy atom. The average molecular weight is 423 g/mol. The SMILES string of the molecule is COc1ccc(OC)c([C@@H]2C[C@H]3CN(Cc4ccccc4OC)C(=O)[C@]34CCCN24)c1. The van der Waals surface area contributed by atoms with Crippen molar-refractivity contribution in [2.24, 2.45) is 5.92 Å². The first kappa shape index (κ1) is 20.2. The maximum Gasteiger partial charge on any atom is 0.243 e. The van der Waals surface area contributed by atoms with Crippen molar-refractivity contribution in [3.8, 4) is 17.2 Å². The Labute approximate surface area is 183 Å². The first-order valence-electron chi connectivity index (χ1n) is 11.0. The summed E-state index contributed by atoms with van der Waals surface area (Å²) in [6, 6.07) is 14.1. The van der Waals surface area contributed by atoms with E-state index in [9.17, 15) is 4.79 Å². The maximum atomic E-state index is 13.8. The number of methoxy groups -OCH3 is 3. The second-order valence-electron chi connectivity index (χ2n) is 8.78. The molecule has 2 aromatic carbocycles. The molecule has 1 spiro atoms. The monoisotopic (exact) mass is 422 g/mol. The Balaban J connectivity index is 1.45. The molecule has 0 N–H and O–H groups in total. The molecule has 0 bridgehead atoms. The van der Waals surface area contributed by atoms with Gasteiger partial charge in [0.15, 0.2) is 0 Å². The highest BCUT2D eigenvalue weighted by molar-refractivity contribution is 5.90. The van der Waals surface area contributed by atoms with Crippen molar-refractivity contribution in [3.05, 3.63) is 53.6 Å². The van der Waals surface area contributed by atoms with Gasteiger partial charge in [0, 0.05) is 36.2 Å². The van der Waals surface area contributed by atoms with E-state index in [0.29, 0.717) is 12.5 Å². The molecule has 5 rings (SSSR count). The van der Waals surface area contributed by atoms with Gasteiger partial charge in [-0.3, -0.25) is 9.69 Å². The third kappa shape index (κ3) is 2.99. The molecule has 1 amide bonds. The smallest absolute Gasteiger partial charge is 0.243 e. The van der Waals surface area contributed by atoms with Crippen molar-refractivity contribution < 1.29 is 19.0 Å². The fourth-order valence-corrected chi connectivity index (χ4v) is 6.15. The zero-order chi connectivity index (χ0) is 21.6. The van der Waals surface area contributed by atoms with E-state index in [2.05, 4.69) is 11.0 Å². The number of carbonyl (C=O) groups is 1. The molecule has 0 unspecified atom stereocenters. The number of carbonyl (C=O) groups excluding carboxylic acids is 1. The Kier molecular flexibility index (Phi) is 5.05. The third-order valence-electron chi connectivity index (χ3n) is 7.48. The summed E-state index contributed by atoms with van der Waals surface area (Å²) in [5.41, 5.74) is 1.80. The van der Waals surface area contributed by atoms with Gasteiger partial charge in [-0.15, -0.1) is 0 Å². The van der Waals surface area contributed by atoms with Crippen molar-refractivity contribution in [1.29, 1.82) is 0 Å². The lowest BCUT2D eigenvalue weighted by Gasteiger charge is -2.34. The zero-order valence-electron chi connectivity index (χ0n) is 18.5. The zero-order valence-corrected chi connectivity index (χ0v) is 18.5. The predicted molar refractivity (Wildman–Crippen MR) is 117 cm³/mol. The minimum absolute atomic E-state index is 0.176. The van der Waals surface area contributed by atoms with Gasteiger partial charge in [0.25, 0.3) is 0 Å². The quantitative estimate of drug-likeness (QED) is 0.711. The summed E-state index contributed by atoms with van der Waals surface area (Å²) < 4.78 is 16.7. The van der Waals surface area contributed by atoms with Crippen molar-refractivity contribution in [3.63, 3.8) is 0 Å². The number of benzene rings is 2. The van der Waals surface area contributed by atoms with Crippen molar-refractivity contribution >= 4 is 5.91 Å². The van der Waals surface area contributed by atoms with Crippen LogP contribution in [0.5, 0.6) is 17.2 Å². The van der Waals surface area contributed by atoms with E-state index in [1.54, 1.807) is 21.3 Å².